The van der Waals surface area contributed by atoms with Crippen LogP contribution in [-0.4, -0.2) is 24.1 Å². The monoisotopic (exact) mass is 171 g/mol. The molecule has 1 aromatic rings. The summed E-state index contributed by atoms with van der Waals surface area (Å²) >= 11 is 1.67. The molecule has 11 heavy (non-hydrogen) atoms. The van der Waals surface area contributed by atoms with E-state index in [0.29, 0.717) is 6.04 Å². The minimum Gasteiger partial charge on any atom is -0.253 e. The Bertz CT molecular complexity index is 195. The maximum Gasteiger partial charge on any atom is 0.0794 e. The van der Waals surface area contributed by atoms with E-state index in [1.54, 1.807) is 11.3 Å². The maximum atomic E-state index is 4.01. The summed E-state index contributed by atoms with van der Waals surface area (Å²) in [7, 11) is 3.97. The SMILES string of the molecule is CC(NN(C)C)c1cncs1. The smallest absolute Gasteiger partial charge is 0.0794 e. The van der Waals surface area contributed by atoms with Crippen LogP contribution in [0.4, 0.5) is 0 Å². The van der Waals surface area contributed by atoms with Gasteiger partial charge in [-0.25, -0.2) is 5.43 Å². The van der Waals surface area contributed by atoms with E-state index in [1.807, 2.05) is 30.8 Å². The number of thiazole rings is 1. The van der Waals surface area contributed by atoms with Crippen molar-refractivity contribution in [3.8, 4) is 0 Å². The number of hydrogen-bond acceptors (Lipinski definition) is 4. The number of hydrogen-bond donors (Lipinski definition) is 1. The number of nitrogens with one attached hydrogen (secondary N) is 1. The van der Waals surface area contributed by atoms with Crippen molar-refractivity contribution >= 4 is 11.3 Å². The molecule has 0 spiro atoms. The van der Waals surface area contributed by atoms with Gasteiger partial charge in [-0.05, 0) is 6.92 Å². The van der Waals surface area contributed by atoms with Crippen LogP contribution in [0.1, 0.15) is 17.8 Å². The first-order chi connectivity index (χ1) is 5.20. The lowest BCUT2D eigenvalue weighted by Gasteiger charge is -2.17. The summed E-state index contributed by atoms with van der Waals surface area (Å²) in [5, 5.41) is 1.95. The molecule has 1 rings (SSSR count). The number of aromatic nitrogens is 1. The van der Waals surface area contributed by atoms with Crippen LogP contribution >= 0.6 is 11.3 Å². The molecular weight excluding hydrogens is 158 g/mol. The Kier molecular flexibility index (Phi) is 2.99. The fourth-order valence-electron chi connectivity index (χ4n) is 0.890. The van der Waals surface area contributed by atoms with Crippen LogP contribution < -0.4 is 5.43 Å². The molecular formula is C7H13N3S. The van der Waals surface area contributed by atoms with Crippen LogP contribution in [0.3, 0.4) is 0 Å². The second kappa shape index (κ2) is 3.80. The third kappa shape index (κ3) is 2.57. The minimum atomic E-state index is 0.359. The van der Waals surface area contributed by atoms with Gasteiger partial charge in [0.15, 0.2) is 0 Å². The highest BCUT2D eigenvalue weighted by Crippen LogP contribution is 2.15. The summed E-state index contributed by atoms with van der Waals surface area (Å²) in [6.45, 7) is 2.12. The molecule has 1 N–H and O–H groups in total. The van der Waals surface area contributed by atoms with Gasteiger partial charge < -0.3 is 0 Å². The van der Waals surface area contributed by atoms with E-state index >= 15 is 0 Å². The lowest BCUT2D eigenvalue weighted by molar-refractivity contribution is 0.254. The predicted molar refractivity (Wildman–Crippen MR) is 47.4 cm³/mol. The molecule has 0 radical (unpaired) electrons. The Hall–Kier alpha value is -0.450. The molecule has 0 aliphatic carbocycles. The highest BCUT2D eigenvalue weighted by molar-refractivity contribution is 7.09. The molecule has 62 valence electrons. The molecule has 1 unspecified atom stereocenters. The molecule has 0 bridgehead atoms. The second-order valence-electron chi connectivity index (χ2n) is 2.65. The van der Waals surface area contributed by atoms with Gasteiger partial charge in [-0.2, -0.15) is 0 Å². The van der Waals surface area contributed by atoms with Gasteiger partial charge in [0.2, 0.25) is 0 Å². The molecule has 0 aliphatic heterocycles. The Morgan fingerprint density at radius 2 is 2.36 bits per heavy atom. The van der Waals surface area contributed by atoms with Crippen LogP contribution in [-0.2, 0) is 0 Å². The summed E-state index contributed by atoms with van der Waals surface area (Å²) in [6.07, 6.45) is 1.89. The molecule has 4 heteroatoms. The average molecular weight is 171 g/mol. The maximum absolute atomic E-state index is 4.01. The first-order valence-corrected chi connectivity index (χ1v) is 4.40. The van der Waals surface area contributed by atoms with Crippen LogP contribution in [0.5, 0.6) is 0 Å². The van der Waals surface area contributed by atoms with Crippen molar-refractivity contribution in [2.24, 2.45) is 0 Å². The van der Waals surface area contributed by atoms with Crippen molar-refractivity contribution in [1.29, 1.82) is 0 Å². The highest BCUT2D eigenvalue weighted by Gasteiger charge is 2.05. The summed E-state index contributed by atoms with van der Waals surface area (Å²) in [6, 6.07) is 0.359. The molecule has 0 aliphatic rings. The zero-order valence-electron chi connectivity index (χ0n) is 7.03. The second-order valence-corrected chi connectivity index (χ2v) is 3.57. The molecule has 1 heterocycles. The molecule has 0 saturated carbocycles. The van der Waals surface area contributed by atoms with E-state index < -0.39 is 0 Å². The third-order valence-electron chi connectivity index (χ3n) is 1.33. The van der Waals surface area contributed by atoms with Gasteiger partial charge in [-0.3, -0.25) is 9.99 Å². The van der Waals surface area contributed by atoms with E-state index in [1.165, 1.54) is 4.88 Å². The van der Waals surface area contributed by atoms with Gasteiger partial charge in [-0.1, -0.05) is 0 Å². The van der Waals surface area contributed by atoms with Crippen LogP contribution in [0.15, 0.2) is 11.7 Å². The summed E-state index contributed by atoms with van der Waals surface area (Å²) < 4.78 is 0. The summed E-state index contributed by atoms with van der Waals surface area (Å²) in [5.74, 6) is 0. The zero-order chi connectivity index (χ0) is 8.27. The van der Waals surface area contributed by atoms with E-state index in [9.17, 15) is 0 Å². The number of rotatable bonds is 3. The Labute approximate surface area is 71.0 Å². The van der Waals surface area contributed by atoms with Crippen molar-refractivity contribution in [1.82, 2.24) is 15.4 Å². The largest absolute Gasteiger partial charge is 0.253 e. The minimum absolute atomic E-state index is 0.359. The molecule has 0 fully saturated rings. The van der Waals surface area contributed by atoms with Gasteiger partial charge in [0.1, 0.15) is 0 Å². The summed E-state index contributed by atoms with van der Waals surface area (Å²) in [4.78, 5) is 5.27. The lowest BCUT2D eigenvalue weighted by atomic mass is 10.3. The van der Waals surface area contributed by atoms with Crippen molar-refractivity contribution in [3.05, 3.63) is 16.6 Å². The van der Waals surface area contributed by atoms with Gasteiger partial charge in [0, 0.05) is 25.2 Å². The molecule has 1 aromatic heterocycles. The highest BCUT2D eigenvalue weighted by atomic mass is 32.1. The fourth-order valence-corrected chi connectivity index (χ4v) is 1.51. The molecule has 1 atom stereocenters. The Morgan fingerprint density at radius 3 is 2.82 bits per heavy atom. The molecule has 0 amide bonds. The standard InChI is InChI=1S/C7H13N3S/c1-6(9-10(2)3)7-4-8-5-11-7/h4-6,9H,1-3H3. The molecule has 3 nitrogen and oxygen atoms in total. The van der Waals surface area contributed by atoms with Crippen molar-refractivity contribution in [3.63, 3.8) is 0 Å². The fraction of sp³-hybridized carbons (Fsp3) is 0.571. The quantitative estimate of drug-likeness (QED) is 0.694. The van der Waals surface area contributed by atoms with Crippen molar-refractivity contribution in [2.75, 3.05) is 14.1 Å². The van der Waals surface area contributed by atoms with E-state index in [2.05, 4.69) is 17.3 Å². The van der Waals surface area contributed by atoms with Crippen molar-refractivity contribution < 1.29 is 0 Å². The van der Waals surface area contributed by atoms with E-state index in [0.717, 1.165) is 0 Å². The lowest BCUT2D eigenvalue weighted by Crippen LogP contribution is -2.32. The third-order valence-corrected chi connectivity index (χ3v) is 2.29. The van der Waals surface area contributed by atoms with Gasteiger partial charge >= 0.3 is 0 Å². The normalized spacial score (nSPS) is 13.8. The molecule has 0 aromatic carbocycles. The van der Waals surface area contributed by atoms with Gasteiger partial charge in [0.05, 0.1) is 11.6 Å². The van der Waals surface area contributed by atoms with Crippen LogP contribution in [0, 0.1) is 0 Å². The predicted octanol–water partition coefficient (Wildman–Crippen LogP) is 1.27. The average Bonchev–Trinajstić information content (AvgIpc) is 2.35. The van der Waals surface area contributed by atoms with Crippen LogP contribution in [0.2, 0.25) is 0 Å². The Morgan fingerprint density at radius 1 is 1.64 bits per heavy atom. The summed E-state index contributed by atoms with van der Waals surface area (Å²) in [5.41, 5.74) is 5.10. The first kappa shape index (κ1) is 8.64. The number of nitrogens with zero attached hydrogens (tertiary/aromatic N) is 2. The van der Waals surface area contributed by atoms with E-state index in [-0.39, 0.29) is 0 Å². The topological polar surface area (TPSA) is 28.2 Å². The van der Waals surface area contributed by atoms with E-state index in [4.69, 9.17) is 0 Å². The zero-order valence-corrected chi connectivity index (χ0v) is 7.85. The Balaban J connectivity index is 2.49. The molecule has 0 saturated heterocycles. The van der Waals surface area contributed by atoms with Gasteiger partial charge in [0.25, 0.3) is 0 Å². The van der Waals surface area contributed by atoms with Crippen LogP contribution in [0.25, 0.3) is 0 Å². The van der Waals surface area contributed by atoms with Gasteiger partial charge in [-0.15, -0.1) is 11.3 Å². The first-order valence-electron chi connectivity index (χ1n) is 3.52. The van der Waals surface area contributed by atoms with Crippen molar-refractivity contribution in [2.45, 2.75) is 13.0 Å². The number of hydrazine groups is 1.